The highest BCUT2D eigenvalue weighted by atomic mass is 35.5. The Kier molecular flexibility index (Phi) is 9.05. The minimum atomic E-state index is -0.339. The monoisotopic (exact) mass is 285 g/mol. The Morgan fingerprint density at radius 1 is 1.59 bits per heavy atom. The molecule has 0 spiro atoms. The van der Waals surface area contributed by atoms with E-state index in [1.54, 1.807) is 13.1 Å². The van der Waals surface area contributed by atoms with Crippen molar-refractivity contribution >= 4 is 30.8 Å². The first-order chi connectivity index (χ1) is 6.81. The maximum atomic E-state index is 11.3. The van der Waals surface area contributed by atoms with Crippen LogP contribution in [0.15, 0.2) is 6.20 Å². The number of fused-ring (bicyclic) bond motifs is 1. The molecule has 3 N–H and O–H groups in total. The Balaban J connectivity index is 0. The SMILES string of the molecule is CCOC(=O)c1cn2c(n1)CNCC2.Cl.Cl.O. The van der Waals surface area contributed by atoms with Crippen molar-refractivity contribution in [1.82, 2.24) is 14.9 Å². The maximum Gasteiger partial charge on any atom is 0.358 e. The Bertz CT molecular complexity index is 334. The van der Waals surface area contributed by atoms with Gasteiger partial charge in [-0.3, -0.25) is 0 Å². The zero-order chi connectivity index (χ0) is 9.97. The predicted octanol–water partition coefficient (Wildman–Crippen LogP) is 0.182. The molecular formula is C9H17Cl2N3O3. The predicted molar refractivity (Wildman–Crippen MR) is 68.0 cm³/mol. The average Bonchev–Trinajstić information content (AvgIpc) is 2.61. The number of esters is 1. The zero-order valence-corrected chi connectivity index (χ0v) is 11.1. The topological polar surface area (TPSA) is 87.7 Å². The molecular weight excluding hydrogens is 269 g/mol. The number of nitrogens with one attached hydrogen (secondary N) is 1. The van der Waals surface area contributed by atoms with Gasteiger partial charge >= 0.3 is 5.97 Å². The zero-order valence-electron chi connectivity index (χ0n) is 9.43. The summed E-state index contributed by atoms with van der Waals surface area (Å²) >= 11 is 0. The van der Waals surface area contributed by atoms with Gasteiger partial charge in [0.25, 0.3) is 0 Å². The molecule has 0 radical (unpaired) electrons. The largest absolute Gasteiger partial charge is 0.461 e. The van der Waals surface area contributed by atoms with Crippen LogP contribution in [-0.2, 0) is 17.8 Å². The van der Waals surface area contributed by atoms with Crippen molar-refractivity contribution in [3.8, 4) is 0 Å². The summed E-state index contributed by atoms with van der Waals surface area (Å²) in [5, 5.41) is 3.19. The lowest BCUT2D eigenvalue weighted by Gasteiger charge is -2.13. The average molecular weight is 286 g/mol. The van der Waals surface area contributed by atoms with Crippen molar-refractivity contribution in [3.63, 3.8) is 0 Å². The normalized spacial score (nSPS) is 12.3. The number of ether oxygens (including phenoxy) is 1. The molecule has 0 saturated carbocycles. The molecule has 1 aliphatic rings. The third-order valence-corrected chi connectivity index (χ3v) is 2.16. The molecule has 1 aromatic heterocycles. The van der Waals surface area contributed by atoms with Gasteiger partial charge in [-0.05, 0) is 6.92 Å². The number of rotatable bonds is 2. The first kappa shape index (κ1) is 18.5. The molecule has 6 nitrogen and oxygen atoms in total. The van der Waals surface area contributed by atoms with Crippen LogP contribution in [-0.4, -0.2) is 34.1 Å². The summed E-state index contributed by atoms with van der Waals surface area (Å²) in [5.74, 6) is 0.564. The van der Waals surface area contributed by atoms with Crippen LogP contribution in [0.2, 0.25) is 0 Å². The van der Waals surface area contributed by atoms with Gasteiger partial charge in [-0.25, -0.2) is 9.78 Å². The Labute approximate surface area is 112 Å². The molecule has 0 fully saturated rings. The Morgan fingerprint density at radius 2 is 2.29 bits per heavy atom. The Morgan fingerprint density at radius 3 is 2.88 bits per heavy atom. The minimum absolute atomic E-state index is 0. The van der Waals surface area contributed by atoms with Crippen molar-refractivity contribution in [2.75, 3.05) is 13.2 Å². The van der Waals surface area contributed by atoms with Crippen LogP contribution in [0.4, 0.5) is 0 Å². The second-order valence-electron chi connectivity index (χ2n) is 3.13. The van der Waals surface area contributed by atoms with E-state index in [0.29, 0.717) is 12.3 Å². The van der Waals surface area contributed by atoms with E-state index in [2.05, 4.69) is 10.3 Å². The van der Waals surface area contributed by atoms with Crippen LogP contribution in [0.1, 0.15) is 23.2 Å². The van der Waals surface area contributed by atoms with E-state index in [1.807, 2.05) is 4.57 Å². The van der Waals surface area contributed by atoms with E-state index < -0.39 is 0 Å². The number of carbonyl (C=O) groups is 1. The highest BCUT2D eigenvalue weighted by Gasteiger charge is 2.16. The number of carbonyl (C=O) groups excluding carboxylic acids is 1. The summed E-state index contributed by atoms with van der Waals surface area (Å²) in [5.41, 5.74) is 0.408. The number of hydrogen-bond donors (Lipinski definition) is 1. The van der Waals surface area contributed by atoms with Gasteiger partial charge in [-0.1, -0.05) is 0 Å². The number of hydrogen-bond acceptors (Lipinski definition) is 4. The highest BCUT2D eigenvalue weighted by molar-refractivity contribution is 5.87. The smallest absolute Gasteiger partial charge is 0.358 e. The van der Waals surface area contributed by atoms with Gasteiger partial charge in [0.2, 0.25) is 0 Å². The van der Waals surface area contributed by atoms with E-state index in [0.717, 1.165) is 25.5 Å². The number of halogens is 2. The molecule has 0 amide bonds. The third kappa shape index (κ3) is 4.16. The van der Waals surface area contributed by atoms with Crippen molar-refractivity contribution in [3.05, 3.63) is 17.7 Å². The van der Waals surface area contributed by atoms with E-state index in [9.17, 15) is 4.79 Å². The van der Waals surface area contributed by atoms with Crippen molar-refractivity contribution in [2.45, 2.75) is 20.0 Å². The fourth-order valence-electron chi connectivity index (χ4n) is 1.49. The van der Waals surface area contributed by atoms with Crippen LogP contribution in [0.25, 0.3) is 0 Å². The molecule has 1 aliphatic heterocycles. The molecule has 0 aromatic carbocycles. The third-order valence-electron chi connectivity index (χ3n) is 2.16. The molecule has 0 atom stereocenters. The second-order valence-corrected chi connectivity index (χ2v) is 3.13. The fraction of sp³-hybridized carbons (Fsp3) is 0.556. The lowest BCUT2D eigenvalue weighted by Crippen LogP contribution is -2.27. The summed E-state index contributed by atoms with van der Waals surface area (Å²) in [7, 11) is 0. The van der Waals surface area contributed by atoms with Crippen LogP contribution in [0.5, 0.6) is 0 Å². The lowest BCUT2D eigenvalue weighted by molar-refractivity contribution is 0.0520. The second kappa shape index (κ2) is 8.30. The van der Waals surface area contributed by atoms with Gasteiger partial charge in [0, 0.05) is 19.3 Å². The summed E-state index contributed by atoms with van der Waals surface area (Å²) in [4.78, 5) is 15.5. The minimum Gasteiger partial charge on any atom is -0.461 e. The van der Waals surface area contributed by atoms with Gasteiger partial charge in [0.05, 0.1) is 13.2 Å². The van der Waals surface area contributed by atoms with Crippen molar-refractivity contribution in [2.24, 2.45) is 0 Å². The number of aromatic nitrogens is 2. The first-order valence-electron chi connectivity index (χ1n) is 4.75. The van der Waals surface area contributed by atoms with Crippen LogP contribution < -0.4 is 5.32 Å². The quantitative estimate of drug-likeness (QED) is 0.786. The van der Waals surface area contributed by atoms with Crippen LogP contribution in [0, 0.1) is 0 Å². The summed E-state index contributed by atoms with van der Waals surface area (Å²) in [6.07, 6.45) is 1.76. The summed E-state index contributed by atoms with van der Waals surface area (Å²) in [6, 6.07) is 0. The molecule has 0 saturated heterocycles. The molecule has 8 heteroatoms. The lowest BCUT2D eigenvalue weighted by atomic mass is 10.4. The van der Waals surface area contributed by atoms with Gasteiger partial charge in [-0.2, -0.15) is 0 Å². The fourth-order valence-corrected chi connectivity index (χ4v) is 1.49. The van der Waals surface area contributed by atoms with E-state index in [-0.39, 0.29) is 36.3 Å². The molecule has 100 valence electrons. The maximum absolute atomic E-state index is 11.3. The number of imidazole rings is 1. The van der Waals surface area contributed by atoms with E-state index in [1.165, 1.54) is 0 Å². The van der Waals surface area contributed by atoms with Gasteiger partial charge < -0.3 is 20.1 Å². The van der Waals surface area contributed by atoms with Gasteiger partial charge in [0.15, 0.2) is 5.69 Å². The van der Waals surface area contributed by atoms with Crippen molar-refractivity contribution in [1.29, 1.82) is 0 Å². The summed E-state index contributed by atoms with van der Waals surface area (Å²) in [6.45, 7) is 4.68. The number of nitrogens with zero attached hydrogens (tertiary/aromatic N) is 2. The summed E-state index contributed by atoms with van der Waals surface area (Å²) < 4.78 is 6.86. The molecule has 17 heavy (non-hydrogen) atoms. The van der Waals surface area contributed by atoms with E-state index >= 15 is 0 Å². The molecule has 0 aliphatic carbocycles. The van der Waals surface area contributed by atoms with E-state index in [4.69, 9.17) is 4.74 Å². The molecule has 1 aromatic rings. The molecule has 2 rings (SSSR count). The first-order valence-corrected chi connectivity index (χ1v) is 4.75. The van der Waals surface area contributed by atoms with Crippen LogP contribution in [0.3, 0.4) is 0 Å². The van der Waals surface area contributed by atoms with Gasteiger partial charge in [-0.15, -0.1) is 24.8 Å². The standard InChI is InChI=1S/C9H13N3O2.2ClH.H2O/c1-2-14-9(13)7-6-12-4-3-10-5-8(12)11-7;;;/h6,10H,2-5H2,1H3;2*1H;1H2. The Hall–Kier alpha value is -0.820. The van der Waals surface area contributed by atoms with Gasteiger partial charge in [0.1, 0.15) is 5.82 Å². The molecule has 2 heterocycles. The van der Waals surface area contributed by atoms with Crippen LogP contribution >= 0.6 is 24.8 Å². The molecule has 0 bridgehead atoms. The highest BCUT2D eigenvalue weighted by Crippen LogP contribution is 2.07. The van der Waals surface area contributed by atoms with Crippen molar-refractivity contribution < 1.29 is 15.0 Å². The molecule has 0 unspecified atom stereocenters.